The number of ether oxygens (including phenoxy) is 2. The van der Waals surface area contributed by atoms with Crippen LogP contribution in [0.5, 0.6) is 0 Å². The summed E-state index contributed by atoms with van der Waals surface area (Å²) in [6, 6.07) is 0. The van der Waals surface area contributed by atoms with E-state index < -0.39 is 0 Å². The van der Waals surface area contributed by atoms with E-state index in [9.17, 15) is 4.79 Å². The molecule has 18 heavy (non-hydrogen) atoms. The highest BCUT2D eigenvalue weighted by atomic mass is 16.5. The van der Waals surface area contributed by atoms with Crippen molar-refractivity contribution in [2.45, 2.75) is 39.2 Å². The second-order valence-electron chi connectivity index (χ2n) is 5.28. The van der Waals surface area contributed by atoms with E-state index in [-0.39, 0.29) is 11.5 Å². The van der Waals surface area contributed by atoms with Gasteiger partial charge >= 0.3 is 0 Å². The van der Waals surface area contributed by atoms with E-state index in [0.717, 1.165) is 6.42 Å². The second kappa shape index (κ2) is 9.30. The number of hydrogen-bond acceptors (Lipinski definition) is 4. The Morgan fingerprint density at radius 1 is 1.22 bits per heavy atom. The van der Waals surface area contributed by atoms with E-state index in [1.807, 2.05) is 20.8 Å². The van der Waals surface area contributed by atoms with Gasteiger partial charge in [-0.25, -0.2) is 0 Å². The predicted octanol–water partition coefficient (Wildman–Crippen LogP) is 1.02. The molecule has 0 aromatic rings. The first-order chi connectivity index (χ1) is 8.37. The molecule has 0 fully saturated rings. The Hall–Kier alpha value is -0.650. The topological polar surface area (TPSA) is 64.8 Å². The molecule has 0 heterocycles. The van der Waals surface area contributed by atoms with E-state index >= 15 is 0 Å². The lowest BCUT2D eigenvalue weighted by Crippen LogP contribution is -2.30. The highest BCUT2D eigenvalue weighted by Gasteiger charge is 2.10. The molecular weight excluding hydrogens is 232 g/mol. The highest BCUT2D eigenvalue weighted by molar-refractivity contribution is 5.75. The van der Waals surface area contributed by atoms with E-state index in [1.54, 1.807) is 11.9 Å². The number of carbonyl (C=O) groups excluding carboxylic acids is 1. The van der Waals surface area contributed by atoms with Gasteiger partial charge < -0.3 is 20.1 Å². The van der Waals surface area contributed by atoms with Crippen LogP contribution in [0.4, 0.5) is 0 Å². The molecule has 0 aliphatic rings. The molecular formula is C13H28N2O3. The molecule has 0 rings (SSSR count). The van der Waals surface area contributed by atoms with Gasteiger partial charge in [0.2, 0.25) is 5.91 Å². The van der Waals surface area contributed by atoms with E-state index in [4.69, 9.17) is 15.2 Å². The Labute approximate surface area is 111 Å². The molecule has 0 atom stereocenters. The number of nitrogens with zero attached hydrogens (tertiary/aromatic N) is 1. The lowest BCUT2D eigenvalue weighted by atomic mass is 10.2. The maximum Gasteiger partial charge on any atom is 0.224 e. The third-order valence-corrected chi connectivity index (χ3v) is 2.35. The SMILES string of the molecule is CN(CCCN)C(=O)CCOCCOC(C)(C)C. The molecule has 0 unspecified atom stereocenters. The molecule has 0 aromatic heterocycles. The summed E-state index contributed by atoms with van der Waals surface area (Å²) in [6.07, 6.45) is 1.25. The van der Waals surface area contributed by atoms with Crippen molar-refractivity contribution >= 4 is 5.91 Å². The van der Waals surface area contributed by atoms with Crippen LogP contribution in [0.25, 0.3) is 0 Å². The van der Waals surface area contributed by atoms with E-state index in [1.165, 1.54) is 0 Å². The number of rotatable bonds is 9. The van der Waals surface area contributed by atoms with Crippen LogP contribution in [0, 0.1) is 0 Å². The first-order valence-corrected chi connectivity index (χ1v) is 6.52. The van der Waals surface area contributed by atoms with Crippen molar-refractivity contribution in [3.05, 3.63) is 0 Å². The fourth-order valence-corrected chi connectivity index (χ4v) is 1.31. The molecule has 108 valence electrons. The largest absolute Gasteiger partial charge is 0.379 e. The summed E-state index contributed by atoms with van der Waals surface area (Å²) in [5.74, 6) is 0.0974. The molecule has 0 spiro atoms. The number of carbonyl (C=O) groups is 1. The average molecular weight is 260 g/mol. The summed E-state index contributed by atoms with van der Waals surface area (Å²) in [5, 5.41) is 0. The zero-order chi connectivity index (χ0) is 14.0. The van der Waals surface area contributed by atoms with Gasteiger partial charge in [0.15, 0.2) is 0 Å². The molecule has 0 aliphatic carbocycles. The zero-order valence-corrected chi connectivity index (χ0v) is 12.2. The number of hydrogen-bond donors (Lipinski definition) is 1. The van der Waals surface area contributed by atoms with Crippen molar-refractivity contribution in [1.82, 2.24) is 4.90 Å². The third kappa shape index (κ3) is 10.5. The summed E-state index contributed by atoms with van der Waals surface area (Å²) in [6.45, 7) is 8.85. The smallest absolute Gasteiger partial charge is 0.224 e. The molecule has 0 saturated carbocycles. The minimum absolute atomic E-state index is 0.0974. The normalized spacial score (nSPS) is 11.6. The maximum absolute atomic E-state index is 11.6. The molecule has 0 aromatic carbocycles. The third-order valence-electron chi connectivity index (χ3n) is 2.35. The van der Waals surface area contributed by atoms with Crippen LogP contribution in [0.2, 0.25) is 0 Å². The Morgan fingerprint density at radius 2 is 1.89 bits per heavy atom. The summed E-state index contributed by atoms with van der Waals surface area (Å²) in [4.78, 5) is 13.3. The Kier molecular flexibility index (Phi) is 8.97. The number of nitrogens with two attached hydrogens (primary N) is 1. The molecule has 0 bridgehead atoms. The van der Waals surface area contributed by atoms with Crippen LogP contribution in [-0.2, 0) is 14.3 Å². The fourth-order valence-electron chi connectivity index (χ4n) is 1.31. The van der Waals surface area contributed by atoms with Crippen molar-refractivity contribution in [1.29, 1.82) is 0 Å². The van der Waals surface area contributed by atoms with Gasteiger partial charge in [-0.3, -0.25) is 4.79 Å². The van der Waals surface area contributed by atoms with Gasteiger partial charge in [-0.1, -0.05) is 0 Å². The lowest BCUT2D eigenvalue weighted by molar-refractivity contribution is -0.131. The van der Waals surface area contributed by atoms with Crippen LogP contribution < -0.4 is 5.73 Å². The van der Waals surface area contributed by atoms with Gasteiger partial charge in [0.1, 0.15) is 0 Å². The first-order valence-electron chi connectivity index (χ1n) is 6.52. The van der Waals surface area contributed by atoms with Crippen molar-refractivity contribution < 1.29 is 14.3 Å². The van der Waals surface area contributed by atoms with Gasteiger partial charge in [0, 0.05) is 13.6 Å². The van der Waals surface area contributed by atoms with Crippen LogP contribution in [0.15, 0.2) is 0 Å². The minimum Gasteiger partial charge on any atom is -0.379 e. The van der Waals surface area contributed by atoms with Crippen molar-refractivity contribution in [3.8, 4) is 0 Å². The van der Waals surface area contributed by atoms with Crippen LogP contribution in [-0.4, -0.2) is 56.4 Å². The summed E-state index contributed by atoms with van der Waals surface area (Å²) in [5.41, 5.74) is 5.25. The lowest BCUT2D eigenvalue weighted by Gasteiger charge is -2.19. The Morgan fingerprint density at radius 3 is 2.44 bits per heavy atom. The van der Waals surface area contributed by atoms with E-state index in [0.29, 0.717) is 39.3 Å². The van der Waals surface area contributed by atoms with E-state index in [2.05, 4.69) is 0 Å². The monoisotopic (exact) mass is 260 g/mol. The summed E-state index contributed by atoms with van der Waals surface area (Å²) < 4.78 is 10.9. The first kappa shape index (κ1) is 17.4. The maximum atomic E-state index is 11.6. The van der Waals surface area contributed by atoms with Crippen molar-refractivity contribution in [3.63, 3.8) is 0 Å². The van der Waals surface area contributed by atoms with Crippen LogP contribution >= 0.6 is 0 Å². The fraction of sp³-hybridized carbons (Fsp3) is 0.923. The highest BCUT2D eigenvalue weighted by Crippen LogP contribution is 2.05. The van der Waals surface area contributed by atoms with Crippen molar-refractivity contribution in [2.24, 2.45) is 5.73 Å². The Balaban J connectivity index is 3.46. The van der Waals surface area contributed by atoms with Crippen LogP contribution in [0.1, 0.15) is 33.6 Å². The van der Waals surface area contributed by atoms with Gasteiger partial charge in [-0.05, 0) is 33.7 Å². The molecule has 0 saturated heterocycles. The minimum atomic E-state index is -0.137. The summed E-state index contributed by atoms with van der Waals surface area (Å²) >= 11 is 0. The summed E-state index contributed by atoms with van der Waals surface area (Å²) in [7, 11) is 1.79. The predicted molar refractivity (Wildman–Crippen MR) is 72.4 cm³/mol. The van der Waals surface area contributed by atoms with Gasteiger partial charge in [0.05, 0.1) is 31.8 Å². The Bertz CT molecular complexity index is 227. The molecule has 1 amide bonds. The van der Waals surface area contributed by atoms with Crippen LogP contribution in [0.3, 0.4) is 0 Å². The van der Waals surface area contributed by atoms with Gasteiger partial charge in [-0.2, -0.15) is 0 Å². The quantitative estimate of drug-likeness (QED) is 0.629. The zero-order valence-electron chi connectivity index (χ0n) is 12.2. The second-order valence-corrected chi connectivity index (χ2v) is 5.28. The number of amides is 1. The van der Waals surface area contributed by atoms with Crippen molar-refractivity contribution in [2.75, 3.05) is 40.0 Å². The molecule has 0 aliphatic heterocycles. The molecule has 2 N–H and O–H groups in total. The average Bonchev–Trinajstić information content (AvgIpc) is 2.28. The molecule has 5 heteroatoms. The molecule has 5 nitrogen and oxygen atoms in total. The molecule has 0 radical (unpaired) electrons. The van der Waals surface area contributed by atoms with Gasteiger partial charge in [-0.15, -0.1) is 0 Å². The van der Waals surface area contributed by atoms with Gasteiger partial charge in [0.25, 0.3) is 0 Å². The standard InChI is InChI=1S/C13H28N2O3/c1-13(2,3)18-11-10-17-9-6-12(16)15(4)8-5-7-14/h5-11,14H2,1-4H3.